The molecule has 6 heteroatoms. The lowest BCUT2D eigenvalue weighted by atomic mass is 9.67. The average Bonchev–Trinajstić information content (AvgIpc) is 3.07. The minimum absolute atomic E-state index is 0.180. The Hall–Kier alpha value is -2.96. The summed E-state index contributed by atoms with van der Waals surface area (Å²) in [5.74, 6) is -1.75. The average molecular weight is 478 g/mol. The summed E-state index contributed by atoms with van der Waals surface area (Å²) in [5, 5.41) is 33.5. The van der Waals surface area contributed by atoms with E-state index in [2.05, 4.69) is 13.0 Å². The first-order chi connectivity index (χ1) is 16.8. The molecule has 2 aliphatic rings. The number of phenolic OH excluding ortho intramolecular Hbond substituents is 1. The molecule has 1 fully saturated rings. The van der Waals surface area contributed by atoms with Gasteiger partial charge in [0.1, 0.15) is 5.75 Å². The maximum atomic E-state index is 12.8. The Morgan fingerprint density at radius 1 is 1.14 bits per heavy atom. The molecule has 0 saturated carbocycles. The number of hydrogen-bond acceptors (Lipinski definition) is 5. The summed E-state index contributed by atoms with van der Waals surface area (Å²) in [4.78, 5) is 26.7. The van der Waals surface area contributed by atoms with Crippen LogP contribution in [0.25, 0.3) is 16.8 Å². The van der Waals surface area contributed by atoms with Crippen molar-refractivity contribution in [3.63, 3.8) is 0 Å². The van der Waals surface area contributed by atoms with Crippen LogP contribution in [0.4, 0.5) is 0 Å². The Morgan fingerprint density at radius 2 is 1.86 bits per heavy atom. The second-order valence-corrected chi connectivity index (χ2v) is 9.93. The minimum atomic E-state index is -0.789. The number of likely N-dealkylation sites (tertiary alicyclic amines) is 1. The maximum Gasteiger partial charge on any atom is 0.233 e. The Kier molecular flexibility index (Phi) is 7.43. The van der Waals surface area contributed by atoms with Crippen molar-refractivity contribution >= 4 is 28.7 Å². The molecule has 4 atom stereocenters. The van der Waals surface area contributed by atoms with E-state index in [1.54, 1.807) is 6.07 Å². The van der Waals surface area contributed by atoms with Gasteiger partial charge in [-0.05, 0) is 55.2 Å². The van der Waals surface area contributed by atoms with Gasteiger partial charge in [-0.1, -0.05) is 60.9 Å². The van der Waals surface area contributed by atoms with Gasteiger partial charge in [-0.2, -0.15) is 0 Å². The molecular weight excluding hydrogens is 442 g/mol. The smallest absolute Gasteiger partial charge is 0.233 e. The third kappa shape index (κ3) is 4.65. The first-order valence-electron chi connectivity index (χ1n) is 12.5. The molecule has 1 saturated heterocycles. The highest BCUT2D eigenvalue weighted by molar-refractivity contribution is 6.05. The van der Waals surface area contributed by atoms with E-state index >= 15 is 0 Å². The van der Waals surface area contributed by atoms with Crippen LogP contribution in [0.3, 0.4) is 0 Å². The van der Waals surface area contributed by atoms with E-state index in [1.807, 2.05) is 37.3 Å². The van der Waals surface area contributed by atoms with Gasteiger partial charge >= 0.3 is 0 Å². The predicted molar refractivity (Wildman–Crippen MR) is 136 cm³/mol. The van der Waals surface area contributed by atoms with Crippen LogP contribution >= 0.6 is 0 Å². The van der Waals surface area contributed by atoms with Crippen LogP contribution in [0.5, 0.6) is 5.75 Å². The number of hydrogen-bond donors (Lipinski definition) is 3. The number of aromatic hydroxyl groups is 1. The zero-order valence-electron chi connectivity index (χ0n) is 20.7. The van der Waals surface area contributed by atoms with E-state index in [1.165, 1.54) is 11.9 Å². The molecule has 35 heavy (non-hydrogen) atoms. The van der Waals surface area contributed by atoms with E-state index < -0.39 is 23.9 Å². The molecule has 6 nitrogen and oxygen atoms in total. The standard InChI is InChI=1S/C29H35NO5/c1-4-7-19-15-22-27(29(35)30(3)28(22)34)23(16-31)26(19)25(33)12-10-17(2)14-18-11-13-24(32)21-9-6-5-8-20(18)21/h5-6,8-9,11,13-14,22-23,25,27,31-33H,4,7,10,12,15-16H2,1-3H3/b17-14+/t22-,23+,25-,27-/m1/s1. The molecular formula is C29H35NO5. The second-order valence-electron chi connectivity index (χ2n) is 9.93. The van der Waals surface area contributed by atoms with Gasteiger partial charge in [0.15, 0.2) is 0 Å². The van der Waals surface area contributed by atoms with Crippen LogP contribution in [0.2, 0.25) is 0 Å². The van der Waals surface area contributed by atoms with Crippen molar-refractivity contribution in [1.82, 2.24) is 4.90 Å². The van der Waals surface area contributed by atoms with Gasteiger partial charge < -0.3 is 15.3 Å². The zero-order chi connectivity index (χ0) is 25.3. The number of allylic oxidation sites excluding steroid dienone is 2. The highest BCUT2D eigenvalue weighted by atomic mass is 16.3. The van der Waals surface area contributed by atoms with Crippen LogP contribution < -0.4 is 0 Å². The molecule has 0 spiro atoms. The van der Waals surface area contributed by atoms with Crippen molar-refractivity contribution in [1.29, 1.82) is 0 Å². The van der Waals surface area contributed by atoms with E-state index in [0.29, 0.717) is 19.3 Å². The van der Waals surface area contributed by atoms with Gasteiger partial charge in [-0.3, -0.25) is 14.5 Å². The van der Waals surface area contributed by atoms with Crippen LogP contribution in [0.1, 0.15) is 51.5 Å². The number of aliphatic hydroxyl groups is 2. The summed E-state index contributed by atoms with van der Waals surface area (Å²) in [6.07, 6.45) is 4.47. The molecule has 0 aromatic heterocycles. The molecule has 0 bridgehead atoms. The fraction of sp³-hybridized carbons (Fsp3) is 0.448. The molecule has 1 aliphatic carbocycles. The lowest BCUT2D eigenvalue weighted by molar-refractivity contribution is -0.138. The van der Waals surface area contributed by atoms with Crippen LogP contribution in [0.15, 0.2) is 53.1 Å². The SMILES string of the molecule is CCCC1=C([C@H](O)CC/C(C)=C/c2ccc(O)c3ccccc23)[C@H](CO)[C@@H]2C(=O)N(C)C(=O)[C@@H]2C1. The Balaban J connectivity index is 1.57. The number of fused-ring (bicyclic) bond motifs is 2. The van der Waals surface area contributed by atoms with Crippen molar-refractivity contribution in [2.24, 2.45) is 17.8 Å². The fourth-order valence-electron chi connectivity index (χ4n) is 5.95. The largest absolute Gasteiger partial charge is 0.507 e. The highest BCUT2D eigenvalue weighted by Crippen LogP contribution is 2.47. The number of rotatable bonds is 8. The quantitative estimate of drug-likeness (QED) is 0.386. The van der Waals surface area contributed by atoms with Crippen LogP contribution in [-0.2, 0) is 9.59 Å². The third-order valence-electron chi connectivity index (χ3n) is 7.66. The highest BCUT2D eigenvalue weighted by Gasteiger charge is 2.53. The summed E-state index contributed by atoms with van der Waals surface area (Å²) in [5.41, 5.74) is 3.86. The molecule has 2 amide bonds. The molecule has 2 aromatic carbocycles. The van der Waals surface area contributed by atoms with Gasteiger partial charge in [0, 0.05) is 18.4 Å². The summed E-state index contributed by atoms with van der Waals surface area (Å²) in [7, 11) is 1.51. The molecule has 0 radical (unpaired) electrons. The number of carbonyl (C=O) groups excluding carboxylic acids is 2. The number of nitrogens with zero attached hydrogens (tertiary/aromatic N) is 1. The number of benzene rings is 2. The van der Waals surface area contributed by atoms with Crippen molar-refractivity contribution in [3.05, 3.63) is 58.7 Å². The summed E-state index contributed by atoms with van der Waals surface area (Å²) in [6.45, 7) is 3.81. The normalized spacial score (nSPS) is 23.9. The van der Waals surface area contributed by atoms with Gasteiger partial charge in [-0.25, -0.2) is 0 Å². The van der Waals surface area contributed by atoms with E-state index in [9.17, 15) is 24.9 Å². The van der Waals surface area contributed by atoms with Crippen molar-refractivity contribution < 1.29 is 24.9 Å². The van der Waals surface area contributed by atoms with Crippen molar-refractivity contribution in [2.75, 3.05) is 13.7 Å². The van der Waals surface area contributed by atoms with Gasteiger partial charge in [0.25, 0.3) is 0 Å². The minimum Gasteiger partial charge on any atom is -0.507 e. The first-order valence-corrected chi connectivity index (χ1v) is 12.5. The van der Waals surface area contributed by atoms with Gasteiger partial charge in [0.05, 0.1) is 24.5 Å². The Labute approximate surface area is 206 Å². The zero-order valence-corrected chi connectivity index (χ0v) is 20.7. The topological polar surface area (TPSA) is 98.1 Å². The van der Waals surface area contributed by atoms with E-state index in [4.69, 9.17) is 0 Å². The van der Waals surface area contributed by atoms with Gasteiger partial charge in [-0.15, -0.1) is 0 Å². The summed E-state index contributed by atoms with van der Waals surface area (Å²) >= 11 is 0. The molecule has 186 valence electrons. The van der Waals surface area contributed by atoms with E-state index in [0.717, 1.165) is 45.9 Å². The molecule has 1 aliphatic heterocycles. The fourth-order valence-corrected chi connectivity index (χ4v) is 5.95. The lowest BCUT2D eigenvalue weighted by Gasteiger charge is -2.36. The van der Waals surface area contributed by atoms with E-state index in [-0.39, 0.29) is 24.2 Å². The molecule has 1 heterocycles. The Morgan fingerprint density at radius 3 is 2.54 bits per heavy atom. The molecule has 4 rings (SSSR count). The third-order valence-corrected chi connectivity index (χ3v) is 7.66. The van der Waals surface area contributed by atoms with Crippen molar-refractivity contribution in [3.8, 4) is 5.75 Å². The Bertz CT molecular complexity index is 1200. The number of phenols is 1. The summed E-state index contributed by atoms with van der Waals surface area (Å²) in [6, 6.07) is 11.3. The molecule has 3 N–H and O–H groups in total. The number of amides is 2. The lowest BCUT2D eigenvalue weighted by Crippen LogP contribution is -2.39. The van der Waals surface area contributed by atoms with Crippen molar-refractivity contribution in [2.45, 2.75) is 52.1 Å². The first kappa shape index (κ1) is 25.1. The predicted octanol–water partition coefficient (Wildman–Crippen LogP) is 4.43. The molecule has 0 unspecified atom stereocenters. The summed E-state index contributed by atoms with van der Waals surface area (Å²) < 4.78 is 0. The number of carbonyl (C=O) groups is 2. The maximum absolute atomic E-state index is 12.8. The number of imide groups is 1. The monoisotopic (exact) mass is 477 g/mol. The second kappa shape index (κ2) is 10.3. The van der Waals surface area contributed by atoms with Crippen LogP contribution in [0, 0.1) is 17.8 Å². The number of aliphatic hydroxyl groups excluding tert-OH is 2. The van der Waals surface area contributed by atoms with Gasteiger partial charge in [0.2, 0.25) is 11.8 Å². The van der Waals surface area contributed by atoms with Crippen LogP contribution in [-0.4, -0.2) is 51.8 Å². The molecule has 2 aromatic rings.